The SMILES string of the molecule is O=C(O)c1cccc(CN2C[C@H]3C[C@@H](Nc4cnccn4)[C@H](O)C[C@H]3C2)c1. The second-order valence-electron chi connectivity index (χ2n) is 7.60. The van der Waals surface area contributed by atoms with Gasteiger partial charge in [0.25, 0.3) is 0 Å². The van der Waals surface area contributed by atoms with E-state index in [2.05, 4.69) is 20.2 Å². The largest absolute Gasteiger partial charge is 0.478 e. The number of benzene rings is 1. The molecule has 142 valence electrons. The fourth-order valence-corrected chi connectivity index (χ4v) is 4.44. The van der Waals surface area contributed by atoms with Crippen molar-refractivity contribution in [2.24, 2.45) is 11.8 Å². The van der Waals surface area contributed by atoms with E-state index in [0.717, 1.165) is 38.0 Å². The number of aliphatic hydroxyl groups excluding tert-OH is 1. The van der Waals surface area contributed by atoms with Gasteiger partial charge in [-0.2, -0.15) is 0 Å². The number of nitrogens with one attached hydrogen (secondary N) is 1. The molecular formula is C20H24N4O3. The molecule has 0 radical (unpaired) electrons. The van der Waals surface area contributed by atoms with E-state index in [1.165, 1.54) is 0 Å². The summed E-state index contributed by atoms with van der Waals surface area (Å²) in [4.78, 5) is 21.8. The highest BCUT2D eigenvalue weighted by atomic mass is 16.4. The van der Waals surface area contributed by atoms with Gasteiger partial charge in [-0.25, -0.2) is 9.78 Å². The van der Waals surface area contributed by atoms with Gasteiger partial charge >= 0.3 is 5.97 Å². The Morgan fingerprint density at radius 2 is 2.04 bits per heavy atom. The predicted octanol–water partition coefficient (Wildman–Crippen LogP) is 1.86. The van der Waals surface area contributed by atoms with Gasteiger partial charge in [0.15, 0.2) is 0 Å². The van der Waals surface area contributed by atoms with Crippen LogP contribution in [-0.2, 0) is 6.54 Å². The van der Waals surface area contributed by atoms with Gasteiger partial charge in [0.05, 0.1) is 23.9 Å². The first kappa shape index (κ1) is 17.9. The van der Waals surface area contributed by atoms with Gasteiger partial charge in [0.2, 0.25) is 0 Å². The standard InChI is InChI=1S/C20H24N4O3/c25-18-8-16-12-24(10-13-2-1-3-14(6-13)20(26)27)11-15(16)7-17(18)23-19-9-21-4-5-22-19/h1-6,9,15-18,25H,7-8,10-12H2,(H,22,23)(H,26,27)/t15-,16+,17-,18-/m1/s1. The molecular weight excluding hydrogens is 344 g/mol. The molecule has 0 unspecified atom stereocenters. The minimum absolute atomic E-state index is 0.0155. The number of carboxylic acids is 1. The van der Waals surface area contributed by atoms with E-state index in [1.807, 2.05) is 6.07 Å². The quantitative estimate of drug-likeness (QED) is 0.741. The molecule has 1 aliphatic heterocycles. The Morgan fingerprint density at radius 3 is 2.78 bits per heavy atom. The van der Waals surface area contributed by atoms with Crippen molar-refractivity contribution in [2.75, 3.05) is 18.4 Å². The van der Waals surface area contributed by atoms with Crippen LogP contribution in [0.25, 0.3) is 0 Å². The van der Waals surface area contributed by atoms with Crippen molar-refractivity contribution in [1.82, 2.24) is 14.9 Å². The van der Waals surface area contributed by atoms with Gasteiger partial charge < -0.3 is 15.5 Å². The zero-order valence-electron chi connectivity index (χ0n) is 15.0. The van der Waals surface area contributed by atoms with E-state index in [4.69, 9.17) is 5.11 Å². The first-order valence-electron chi connectivity index (χ1n) is 9.33. The van der Waals surface area contributed by atoms with Gasteiger partial charge in [0.1, 0.15) is 5.82 Å². The topological polar surface area (TPSA) is 98.6 Å². The average Bonchev–Trinajstić information content (AvgIpc) is 3.04. The van der Waals surface area contributed by atoms with Gasteiger partial charge in [-0.05, 0) is 42.4 Å². The highest BCUT2D eigenvalue weighted by Gasteiger charge is 2.41. The van der Waals surface area contributed by atoms with E-state index in [-0.39, 0.29) is 6.04 Å². The molecule has 27 heavy (non-hydrogen) atoms. The zero-order chi connectivity index (χ0) is 18.8. The summed E-state index contributed by atoms with van der Waals surface area (Å²) in [5.74, 6) is 0.793. The Bertz CT molecular complexity index is 801. The van der Waals surface area contributed by atoms with Crippen molar-refractivity contribution in [2.45, 2.75) is 31.5 Å². The maximum absolute atomic E-state index is 11.2. The average molecular weight is 368 g/mol. The van der Waals surface area contributed by atoms with Crippen LogP contribution in [0, 0.1) is 11.8 Å². The molecule has 2 fully saturated rings. The Kier molecular flexibility index (Phi) is 5.05. The predicted molar refractivity (Wildman–Crippen MR) is 100 cm³/mol. The highest BCUT2D eigenvalue weighted by molar-refractivity contribution is 5.87. The molecule has 2 heterocycles. The third-order valence-corrected chi connectivity index (χ3v) is 5.69. The summed E-state index contributed by atoms with van der Waals surface area (Å²) in [6.45, 7) is 2.65. The number of hydrogen-bond acceptors (Lipinski definition) is 6. The first-order chi connectivity index (χ1) is 13.1. The number of likely N-dealkylation sites (tertiary alicyclic amines) is 1. The summed E-state index contributed by atoms with van der Waals surface area (Å²) in [5, 5.41) is 23.0. The molecule has 1 aliphatic carbocycles. The fourth-order valence-electron chi connectivity index (χ4n) is 4.44. The number of hydrogen-bond donors (Lipinski definition) is 3. The molecule has 4 atom stereocenters. The maximum atomic E-state index is 11.2. The molecule has 0 amide bonds. The van der Waals surface area contributed by atoms with Gasteiger partial charge in [-0.1, -0.05) is 12.1 Å². The van der Waals surface area contributed by atoms with Crippen molar-refractivity contribution in [3.8, 4) is 0 Å². The van der Waals surface area contributed by atoms with Crippen molar-refractivity contribution in [3.63, 3.8) is 0 Å². The van der Waals surface area contributed by atoms with Crippen LogP contribution in [0.15, 0.2) is 42.9 Å². The normalized spacial score (nSPS) is 27.9. The van der Waals surface area contributed by atoms with E-state index in [1.54, 1.807) is 36.8 Å². The van der Waals surface area contributed by atoms with Crippen LogP contribution in [0.3, 0.4) is 0 Å². The van der Waals surface area contributed by atoms with Crippen LogP contribution in [0.1, 0.15) is 28.8 Å². The monoisotopic (exact) mass is 368 g/mol. The molecule has 3 N–H and O–H groups in total. The van der Waals surface area contributed by atoms with Crippen LogP contribution in [0.4, 0.5) is 5.82 Å². The third-order valence-electron chi connectivity index (χ3n) is 5.69. The molecule has 2 aromatic rings. The van der Waals surface area contributed by atoms with E-state index in [0.29, 0.717) is 23.2 Å². The molecule has 0 spiro atoms. The summed E-state index contributed by atoms with van der Waals surface area (Å²) >= 11 is 0. The lowest BCUT2D eigenvalue weighted by atomic mass is 9.77. The number of carbonyl (C=O) groups is 1. The van der Waals surface area contributed by atoms with Gasteiger partial charge in [-0.15, -0.1) is 0 Å². The molecule has 0 bridgehead atoms. The summed E-state index contributed by atoms with van der Waals surface area (Å²) in [7, 11) is 0. The maximum Gasteiger partial charge on any atom is 0.335 e. The second-order valence-corrected chi connectivity index (χ2v) is 7.60. The lowest BCUT2D eigenvalue weighted by Gasteiger charge is -2.35. The molecule has 1 aromatic carbocycles. The summed E-state index contributed by atoms with van der Waals surface area (Å²) in [5.41, 5.74) is 1.34. The lowest BCUT2D eigenvalue weighted by Crippen LogP contribution is -2.43. The van der Waals surface area contributed by atoms with Crippen LogP contribution in [0.5, 0.6) is 0 Å². The van der Waals surface area contributed by atoms with E-state index < -0.39 is 12.1 Å². The summed E-state index contributed by atoms with van der Waals surface area (Å²) in [6, 6.07) is 7.12. The van der Waals surface area contributed by atoms with E-state index >= 15 is 0 Å². The van der Waals surface area contributed by atoms with Crippen LogP contribution in [0.2, 0.25) is 0 Å². The van der Waals surface area contributed by atoms with Crippen LogP contribution < -0.4 is 5.32 Å². The molecule has 1 saturated heterocycles. The Morgan fingerprint density at radius 1 is 1.22 bits per heavy atom. The number of aliphatic hydroxyl groups is 1. The van der Waals surface area contributed by atoms with Crippen molar-refractivity contribution >= 4 is 11.8 Å². The summed E-state index contributed by atoms with van der Waals surface area (Å²) in [6.07, 6.45) is 6.22. The fraction of sp³-hybridized carbons (Fsp3) is 0.450. The minimum Gasteiger partial charge on any atom is -0.478 e. The smallest absolute Gasteiger partial charge is 0.335 e. The van der Waals surface area contributed by atoms with Crippen LogP contribution in [-0.4, -0.2) is 56.3 Å². The number of carboxylic acid groups (broad SMARTS) is 1. The van der Waals surface area contributed by atoms with Crippen molar-refractivity contribution < 1.29 is 15.0 Å². The van der Waals surface area contributed by atoms with Crippen molar-refractivity contribution in [1.29, 1.82) is 0 Å². The first-order valence-corrected chi connectivity index (χ1v) is 9.33. The Hall–Kier alpha value is -2.51. The molecule has 2 aliphatic rings. The Balaban J connectivity index is 1.38. The number of fused-ring (bicyclic) bond motifs is 1. The Labute approximate surface area is 158 Å². The van der Waals surface area contributed by atoms with Gasteiger partial charge in [-0.3, -0.25) is 9.88 Å². The molecule has 7 nitrogen and oxygen atoms in total. The second kappa shape index (κ2) is 7.62. The molecule has 4 rings (SSSR count). The van der Waals surface area contributed by atoms with E-state index in [9.17, 15) is 9.90 Å². The third kappa shape index (κ3) is 4.09. The van der Waals surface area contributed by atoms with Crippen LogP contribution >= 0.6 is 0 Å². The number of nitrogens with zero attached hydrogens (tertiary/aromatic N) is 3. The number of aromatic nitrogens is 2. The zero-order valence-corrected chi connectivity index (χ0v) is 15.0. The molecule has 1 saturated carbocycles. The van der Waals surface area contributed by atoms with Crippen molar-refractivity contribution in [3.05, 3.63) is 54.0 Å². The molecule has 7 heteroatoms. The van der Waals surface area contributed by atoms with Gasteiger partial charge in [0, 0.05) is 32.0 Å². The number of rotatable bonds is 5. The lowest BCUT2D eigenvalue weighted by molar-refractivity contribution is 0.0696. The highest BCUT2D eigenvalue weighted by Crippen LogP contribution is 2.37. The molecule has 1 aromatic heterocycles. The number of aromatic carboxylic acids is 1. The minimum atomic E-state index is -0.895. The summed E-state index contributed by atoms with van der Waals surface area (Å²) < 4.78 is 0. The number of anilines is 1.